The van der Waals surface area contributed by atoms with Gasteiger partial charge in [-0.25, -0.2) is 8.42 Å². The Balaban J connectivity index is 1.70. The molecule has 0 aliphatic carbocycles. The normalized spacial score (nSPS) is 28.1. The number of likely N-dealkylation sites (N-methyl/N-ethyl adjacent to an activating group) is 1. The molecule has 0 unspecified atom stereocenters. The Hall–Kier alpha value is -1.41. The largest absolute Gasteiger partial charge is 0.341 e. The number of likely N-dealkylation sites (tertiary alicyclic amines) is 1. The highest BCUT2D eigenvalue weighted by Crippen LogP contribution is 2.28. The van der Waals surface area contributed by atoms with Gasteiger partial charge in [-0.15, -0.1) is 0 Å². The van der Waals surface area contributed by atoms with Gasteiger partial charge >= 0.3 is 0 Å². The summed E-state index contributed by atoms with van der Waals surface area (Å²) in [7, 11) is -0.973. The molecule has 164 valence electrons. The molecule has 8 heteroatoms. The van der Waals surface area contributed by atoms with Crippen molar-refractivity contribution >= 4 is 15.7 Å². The van der Waals surface area contributed by atoms with Crippen LogP contribution in [0, 0.1) is 25.7 Å². The summed E-state index contributed by atoms with van der Waals surface area (Å²) in [5.74, 6) is 1.69. The first-order valence-corrected chi connectivity index (χ1v) is 12.5. The number of amides is 1. The van der Waals surface area contributed by atoms with Crippen LogP contribution in [0.2, 0.25) is 0 Å². The molecule has 0 bridgehead atoms. The van der Waals surface area contributed by atoms with Crippen LogP contribution in [0.3, 0.4) is 0 Å². The van der Waals surface area contributed by atoms with Gasteiger partial charge in [-0.05, 0) is 52.5 Å². The summed E-state index contributed by atoms with van der Waals surface area (Å²) < 4.78 is 25.6. The Labute approximate surface area is 175 Å². The zero-order chi connectivity index (χ0) is 21.5. The molecule has 1 aromatic rings. The number of carbonyl (C=O) groups excluding carboxylic acids is 1. The number of hydrogen-bond donors (Lipinski definition) is 0. The standard InChI is InChI=1S/C21H36N4O3S/c1-14-9-15(2)11-24(10-14)21(26)18(5)23(6)12-20-16(3)22-25(17(20)4)19-7-8-29(27,28)13-19/h14-15,18-19H,7-13H2,1-6H3/t14-,15+,18-,19-/m0/s1. The molecule has 2 aliphatic rings. The van der Waals surface area contributed by atoms with Crippen LogP contribution < -0.4 is 0 Å². The molecule has 3 rings (SSSR count). The molecule has 2 saturated heterocycles. The Bertz CT molecular complexity index is 854. The number of rotatable bonds is 5. The third kappa shape index (κ3) is 4.85. The molecule has 2 fully saturated rings. The molecule has 0 saturated carbocycles. The van der Waals surface area contributed by atoms with Gasteiger partial charge in [0.05, 0.1) is 29.3 Å². The summed E-state index contributed by atoms with van der Waals surface area (Å²) in [6, 6.07) is -0.283. The van der Waals surface area contributed by atoms with Crippen LogP contribution in [0.1, 0.15) is 56.6 Å². The van der Waals surface area contributed by atoms with Crippen LogP contribution in [-0.4, -0.2) is 71.6 Å². The lowest BCUT2D eigenvalue weighted by Crippen LogP contribution is -2.50. The Morgan fingerprint density at radius 1 is 1.24 bits per heavy atom. The summed E-state index contributed by atoms with van der Waals surface area (Å²) in [4.78, 5) is 17.2. The summed E-state index contributed by atoms with van der Waals surface area (Å²) in [6.07, 6.45) is 1.81. The second-order valence-electron chi connectivity index (χ2n) is 9.43. The highest BCUT2D eigenvalue weighted by atomic mass is 32.2. The van der Waals surface area contributed by atoms with Crippen molar-refractivity contribution in [2.24, 2.45) is 11.8 Å². The zero-order valence-electron chi connectivity index (χ0n) is 18.7. The number of sulfone groups is 1. The average molecular weight is 425 g/mol. The Kier molecular flexibility index (Phi) is 6.44. The molecular weight excluding hydrogens is 388 g/mol. The Morgan fingerprint density at radius 2 is 1.86 bits per heavy atom. The molecule has 0 N–H and O–H groups in total. The van der Waals surface area contributed by atoms with Gasteiger partial charge in [0.2, 0.25) is 5.91 Å². The van der Waals surface area contributed by atoms with Crippen LogP contribution >= 0.6 is 0 Å². The smallest absolute Gasteiger partial charge is 0.239 e. The molecule has 2 aliphatic heterocycles. The molecule has 1 amide bonds. The number of aromatic nitrogens is 2. The maximum Gasteiger partial charge on any atom is 0.239 e. The first-order chi connectivity index (χ1) is 13.5. The Morgan fingerprint density at radius 3 is 2.41 bits per heavy atom. The van der Waals surface area contributed by atoms with E-state index in [1.807, 2.05) is 37.4 Å². The lowest BCUT2D eigenvalue weighted by Gasteiger charge is -2.38. The van der Waals surface area contributed by atoms with Gasteiger partial charge < -0.3 is 4.90 Å². The van der Waals surface area contributed by atoms with Crippen LogP contribution in [0.15, 0.2) is 0 Å². The van der Waals surface area contributed by atoms with E-state index in [2.05, 4.69) is 23.8 Å². The van der Waals surface area contributed by atoms with Crippen LogP contribution in [0.5, 0.6) is 0 Å². The van der Waals surface area contributed by atoms with Gasteiger partial charge in [0.1, 0.15) is 0 Å². The molecule has 0 aromatic carbocycles. The van der Waals surface area contributed by atoms with Gasteiger partial charge in [-0.2, -0.15) is 5.10 Å². The van der Waals surface area contributed by atoms with Crippen molar-refractivity contribution in [2.45, 2.75) is 66.1 Å². The second kappa shape index (κ2) is 8.38. The first kappa shape index (κ1) is 22.3. The number of hydrogen-bond acceptors (Lipinski definition) is 5. The number of piperidine rings is 1. The summed E-state index contributed by atoms with van der Waals surface area (Å²) >= 11 is 0. The monoisotopic (exact) mass is 424 g/mol. The molecular formula is C21H36N4O3S. The van der Waals surface area contributed by atoms with E-state index in [-0.39, 0.29) is 29.5 Å². The van der Waals surface area contributed by atoms with E-state index in [9.17, 15) is 13.2 Å². The summed E-state index contributed by atoms with van der Waals surface area (Å²) in [5.41, 5.74) is 3.02. The minimum atomic E-state index is -2.95. The first-order valence-electron chi connectivity index (χ1n) is 10.7. The van der Waals surface area contributed by atoms with E-state index in [0.29, 0.717) is 24.8 Å². The van der Waals surface area contributed by atoms with Gasteiger partial charge in [-0.3, -0.25) is 14.4 Å². The average Bonchev–Trinajstić information content (AvgIpc) is 3.12. The number of nitrogens with zero attached hydrogens (tertiary/aromatic N) is 4. The van der Waals surface area contributed by atoms with Crippen molar-refractivity contribution in [3.8, 4) is 0 Å². The van der Waals surface area contributed by atoms with Crippen molar-refractivity contribution in [3.63, 3.8) is 0 Å². The van der Waals surface area contributed by atoms with E-state index < -0.39 is 9.84 Å². The fourth-order valence-electron chi connectivity index (χ4n) is 4.93. The van der Waals surface area contributed by atoms with Crippen molar-refractivity contribution in [2.75, 3.05) is 31.6 Å². The molecule has 0 spiro atoms. The van der Waals surface area contributed by atoms with Crippen LogP contribution in [0.25, 0.3) is 0 Å². The second-order valence-corrected chi connectivity index (χ2v) is 11.7. The summed E-state index contributed by atoms with van der Waals surface area (Å²) in [5, 5.41) is 4.65. The van der Waals surface area contributed by atoms with Crippen molar-refractivity contribution in [1.29, 1.82) is 0 Å². The fraction of sp³-hybridized carbons (Fsp3) is 0.810. The van der Waals surface area contributed by atoms with E-state index in [1.165, 1.54) is 6.42 Å². The molecule has 7 nitrogen and oxygen atoms in total. The zero-order valence-corrected chi connectivity index (χ0v) is 19.5. The van der Waals surface area contributed by atoms with Gasteiger partial charge in [0.15, 0.2) is 9.84 Å². The molecule has 0 radical (unpaired) electrons. The quantitative estimate of drug-likeness (QED) is 0.724. The molecule has 4 atom stereocenters. The van der Waals surface area contributed by atoms with E-state index in [0.717, 1.165) is 30.0 Å². The lowest BCUT2D eigenvalue weighted by molar-refractivity contribution is -0.138. The van der Waals surface area contributed by atoms with Gasteiger partial charge in [0, 0.05) is 30.9 Å². The van der Waals surface area contributed by atoms with Crippen LogP contribution in [0.4, 0.5) is 0 Å². The summed E-state index contributed by atoms with van der Waals surface area (Å²) in [6.45, 7) is 12.7. The van der Waals surface area contributed by atoms with Crippen molar-refractivity contribution in [1.82, 2.24) is 19.6 Å². The highest BCUT2D eigenvalue weighted by molar-refractivity contribution is 7.91. The maximum atomic E-state index is 13.1. The topological polar surface area (TPSA) is 75.5 Å². The lowest BCUT2D eigenvalue weighted by atomic mass is 9.91. The minimum absolute atomic E-state index is 0.0758. The van der Waals surface area contributed by atoms with E-state index >= 15 is 0 Å². The van der Waals surface area contributed by atoms with Crippen LogP contribution in [-0.2, 0) is 21.2 Å². The highest BCUT2D eigenvalue weighted by Gasteiger charge is 2.33. The number of aryl methyl sites for hydroxylation is 1. The molecule has 29 heavy (non-hydrogen) atoms. The SMILES string of the molecule is Cc1nn([C@H]2CCS(=O)(=O)C2)c(C)c1CN(C)[C@@H](C)C(=O)N1C[C@H](C)C[C@H](C)C1. The van der Waals surface area contributed by atoms with Crippen molar-refractivity contribution < 1.29 is 13.2 Å². The third-order valence-corrected chi connectivity index (χ3v) is 8.39. The van der Waals surface area contributed by atoms with Gasteiger partial charge in [0.25, 0.3) is 0 Å². The predicted octanol–water partition coefficient (Wildman–Crippen LogP) is 2.18. The third-order valence-electron chi connectivity index (χ3n) is 6.64. The fourth-order valence-corrected chi connectivity index (χ4v) is 6.62. The number of carbonyl (C=O) groups is 1. The predicted molar refractivity (Wildman–Crippen MR) is 114 cm³/mol. The minimum Gasteiger partial charge on any atom is -0.341 e. The van der Waals surface area contributed by atoms with Crippen molar-refractivity contribution in [3.05, 3.63) is 17.0 Å². The maximum absolute atomic E-state index is 13.1. The van der Waals surface area contributed by atoms with Gasteiger partial charge in [-0.1, -0.05) is 13.8 Å². The molecule has 1 aromatic heterocycles. The van der Waals surface area contributed by atoms with E-state index in [1.54, 1.807) is 0 Å². The molecule has 3 heterocycles. The van der Waals surface area contributed by atoms with E-state index in [4.69, 9.17) is 0 Å².